The van der Waals surface area contributed by atoms with E-state index in [2.05, 4.69) is 5.32 Å². The molecule has 5 heteroatoms. The summed E-state index contributed by atoms with van der Waals surface area (Å²) >= 11 is 0. The first-order valence-electron chi connectivity index (χ1n) is 6.17. The van der Waals surface area contributed by atoms with Crippen molar-refractivity contribution in [3.05, 3.63) is 58.9 Å². The van der Waals surface area contributed by atoms with E-state index < -0.39 is 17.5 Å². The van der Waals surface area contributed by atoms with Gasteiger partial charge in [-0.3, -0.25) is 0 Å². The molecule has 2 aromatic rings. The van der Waals surface area contributed by atoms with Crippen LogP contribution in [0.3, 0.4) is 0 Å². The van der Waals surface area contributed by atoms with E-state index in [-0.39, 0.29) is 6.04 Å². The molecule has 0 fully saturated rings. The molecule has 0 aliphatic carbocycles. The van der Waals surface area contributed by atoms with E-state index in [0.29, 0.717) is 17.7 Å². The van der Waals surface area contributed by atoms with Crippen molar-refractivity contribution in [2.24, 2.45) is 0 Å². The van der Waals surface area contributed by atoms with Gasteiger partial charge in [-0.05, 0) is 35.7 Å². The molecule has 3 rings (SSSR count). The lowest BCUT2D eigenvalue weighted by Crippen LogP contribution is -2.08. The minimum atomic E-state index is -1.44. The number of benzene rings is 2. The smallest absolute Gasteiger partial charge is 0.194 e. The zero-order valence-corrected chi connectivity index (χ0v) is 10.7. The molecule has 0 aromatic heterocycles. The van der Waals surface area contributed by atoms with E-state index in [0.717, 1.165) is 23.4 Å². The average molecular weight is 279 g/mol. The maximum Gasteiger partial charge on any atom is 0.194 e. The summed E-state index contributed by atoms with van der Waals surface area (Å²) in [6, 6.07) is 7.32. The van der Waals surface area contributed by atoms with Gasteiger partial charge in [0.05, 0.1) is 18.8 Å². The third-order valence-corrected chi connectivity index (χ3v) is 3.48. The Morgan fingerprint density at radius 3 is 2.50 bits per heavy atom. The summed E-state index contributed by atoms with van der Waals surface area (Å²) in [6.45, 7) is 0. The molecule has 1 unspecified atom stereocenters. The predicted octanol–water partition coefficient (Wildman–Crippen LogP) is 3.82. The van der Waals surface area contributed by atoms with Crippen molar-refractivity contribution in [3.63, 3.8) is 0 Å². The van der Waals surface area contributed by atoms with Crippen LogP contribution in [-0.2, 0) is 6.42 Å². The fourth-order valence-corrected chi connectivity index (χ4v) is 2.50. The van der Waals surface area contributed by atoms with Gasteiger partial charge in [0.1, 0.15) is 5.75 Å². The third kappa shape index (κ3) is 1.99. The second-order valence-corrected chi connectivity index (χ2v) is 4.69. The minimum Gasteiger partial charge on any atom is -0.495 e. The lowest BCUT2D eigenvalue weighted by Gasteiger charge is -2.13. The molecule has 0 saturated heterocycles. The molecule has 1 N–H and O–H groups in total. The van der Waals surface area contributed by atoms with Crippen LogP contribution in [0.1, 0.15) is 17.2 Å². The molecule has 1 heterocycles. The van der Waals surface area contributed by atoms with Crippen LogP contribution in [0.15, 0.2) is 30.3 Å². The van der Waals surface area contributed by atoms with Crippen LogP contribution in [0.2, 0.25) is 0 Å². The van der Waals surface area contributed by atoms with Crippen LogP contribution in [0, 0.1) is 17.5 Å². The molecule has 0 saturated carbocycles. The van der Waals surface area contributed by atoms with Gasteiger partial charge in [0.15, 0.2) is 17.5 Å². The van der Waals surface area contributed by atoms with Crippen LogP contribution >= 0.6 is 0 Å². The van der Waals surface area contributed by atoms with Gasteiger partial charge < -0.3 is 10.1 Å². The van der Waals surface area contributed by atoms with Gasteiger partial charge in [0, 0.05) is 0 Å². The van der Waals surface area contributed by atoms with Crippen molar-refractivity contribution in [2.45, 2.75) is 12.5 Å². The summed E-state index contributed by atoms with van der Waals surface area (Å²) in [7, 11) is 1.56. The number of para-hydroxylation sites is 1. The summed E-state index contributed by atoms with van der Waals surface area (Å²) in [5.74, 6) is -3.12. The van der Waals surface area contributed by atoms with Crippen molar-refractivity contribution < 1.29 is 17.9 Å². The summed E-state index contributed by atoms with van der Waals surface area (Å²) in [5.41, 5.74) is 2.18. The zero-order valence-electron chi connectivity index (χ0n) is 10.7. The molecule has 1 aliphatic heterocycles. The van der Waals surface area contributed by atoms with Crippen LogP contribution < -0.4 is 10.1 Å². The molecule has 0 bridgehead atoms. The van der Waals surface area contributed by atoms with Gasteiger partial charge >= 0.3 is 0 Å². The number of hydrogen-bond acceptors (Lipinski definition) is 2. The largest absolute Gasteiger partial charge is 0.495 e. The van der Waals surface area contributed by atoms with Gasteiger partial charge in [-0.25, -0.2) is 13.2 Å². The number of anilines is 1. The lowest BCUT2D eigenvalue weighted by atomic mass is 10.0. The number of hydrogen-bond donors (Lipinski definition) is 1. The summed E-state index contributed by atoms with van der Waals surface area (Å²) < 4.78 is 44.8. The highest BCUT2D eigenvalue weighted by Gasteiger charge is 2.26. The maximum absolute atomic E-state index is 13.3. The Morgan fingerprint density at radius 1 is 1.15 bits per heavy atom. The molecule has 2 aromatic carbocycles. The van der Waals surface area contributed by atoms with E-state index in [1.807, 2.05) is 12.1 Å². The van der Waals surface area contributed by atoms with Gasteiger partial charge in [-0.2, -0.15) is 0 Å². The summed E-state index contributed by atoms with van der Waals surface area (Å²) in [6.07, 6.45) is 0.567. The summed E-state index contributed by atoms with van der Waals surface area (Å²) in [5, 5.41) is 3.16. The molecule has 1 aliphatic rings. The van der Waals surface area contributed by atoms with Crippen molar-refractivity contribution in [1.82, 2.24) is 0 Å². The SMILES string of the molecule is COc1cccc2c1NC(c1cc(F)c(F)c(F)c1)C2. The van der Waals surface area contributed by atoms with Crippen LogP contribution in [0.5, 0.6) is 5.75 Å². The summed E-state index contributed by atoms with van der Waals surface area (Å²) in [4.78, 5) is 0. The van der Waals surface area contributed by atoms with Crippen molar-refractivity contribution in [2.75, 3.05) is 12.4 Å². The van der Waals surface area contributed by atoms with E-state index >= 15 is 0 Å². The Balaban J connectivity index is 1.96. The van der Waals surface area contributed by atoms with Gasteiger partial charge in [-0.15, -0.1) is 0 Å². The second-order valence-electron chi connectivity index (χ2n) is 4.69. The number of methoxy groups -OCH3 is 1. The highest BCUT2D eigenvalue weighted by molar-refractivity contribution is 5.66. The Morgan fingerprint density at radius 2 is 1.85 bits per heavy atom. The number of fused-ring (bicyclic) bond motifs is 1. The van der Waals surface area contributed by atoms with Crippen LogP contribution in [0.4, 0.5) is 18.9 Å². The normalized spacial score (nSPS) is 16.7. The fraction of sp³-hybridized carbons (Fsp3) is 0.200. The average Bonchev–Trinajstić information content (AvgIpc) is 2.88. The van der Waals surface area contributed by atoms with Crippen molar-refractivity contribution in [1.29, 1.82) is 0 Å². The zero-order chi connectivity index (χ0) is 14.3. The molecular weight excluding hydrogens is 267 g/mol. The van der Waals surface area contributed by atoms with Gasteiger partial charge in [-0.1, -0.05) is 12.1 Å². The standard InChI is InChI=1S/C15H12F3NO/c1-20-13-4-2-3-8-7-12(19-15(8)13)9-5-10(16)14(18)11(17)6-9/h2-6,12,19H,7H2,1H3. The molecule has 0 amide bonds. The van der Waals surface area contributed by atoms with E-state index in [1.54, 1.807) is 13.2 Å². The van der Waals surface area contributed by atoms with Crippen LogP contribution in [0.25, 0.3) is 0 Å². The van der Waals surface area contributed by atoms with Crippen LogP contribution in [-0.4, -0.2) is 7.11 Å². The Bertz CT molecular complexity index is 649. The number of ether oxygens (including phenoxy) is 1. The van der Waals surface area contributed by atoms with Crippen molar-refractivity contribution in [3.8, 4) is 5.75 Å². The Labute approximate surface area is 114 Å². The molecular formula is C15H12F3NO. The molecule has 1 atom stereocenters. The maximum atomic E-state index is 13.3. The highest BCUT2D eigenvalue weighted by Crippen LogP contribution is 2.40. The number of halogens is 3. The molecule has 0 radical (unpaired) electrons. The first kappa shape index (κ1) is 12.8. The predicted molar refractivity (Wildman–Crippen MR) is 69.4 cm³/mol. The quantitative estimate of drug-likeness (QED) is 0.844. The van der Waals surface area contributed by atoms with Gasteiger partial charge in [0.25, 0.3) is 0 Å². The van der Waals surface area contributed by atoms with E-state index in [1.165, 1.54) is 0 Å². The fourth-order valence-electron chi connectivity index (χ4n) is 2.50. The first-order chi connectivity index (χ1) is 9.60. The monoisotopic (exact) mass is 279 g/mol. The number of rotatable bonds is 2. The second kappa shape index (κ2) is 4.74. The number of nitrogens with one attached hydrogen (secondary N) is 1. The van der Waals surface area contributed by atoms with E-state index in [4.69, 9.17) is 4.74 Å². The molecule has 20 heavy (non-hydrogen) atoms. The first-order valence-corrected chi connectivity index (χ1v) is 6.17. The third-order valence-electron chi connectivity index (χ3n) is 3.48. The lowest BCUT2D eigenvalue weighted by molar-refractivity contribution is 0.416. The van der Waals surface area contributed by atoms with Gasteiger partial charge in [0.2, 0.25) is 0 Å². The Hall–Kier alpha value is -2.17. The molecule has 2 nitrogen and oxygen atoms in total. The highest BCUT2D eigenvalue weighted by atomic mass is 19.2. The molecule has 0 spiro atoms. The van der Waals surface area contributed by atoms with E-state index in [9.17, 15) is 13.2 Å². The molecule has 104 valence electrons. The minimum absolute atomic E-state index is 0.300. The van der Waals surface area contributed by atoms with Crippen molar-refractivity contribution >= 4 is 5.69 Å². The topological polar surface area (TPSA) is 21.3 Å². The Kier molecular flexibility index (Phi) is 3.04.